The molecule has 1 N–H and O–H groups in total. The maximum absolute atomic E-state index is 14.6. The van der Waals surface area contributed by atoms with Gasteiger partial charge < -0.3 is 9.88 Å². The minimum atomic E-state index is -0.929. The second-order valence-electron chi connectivity index (χ2n) is 6.41. The van der Waals surface area contributed by atoms with Crippen molar-refractivity contribution in [2.75, 3.05) is 5.32 Å². The molecule has 2 aromatic carbocycles. The molecule has 3 aromatic rings. The zero-order chi connectivity index (χ0) is 21.5. The number of nitrogens with one attached hydrogen (secondary N) is 1. The predicted molar refractivity (Wildman–Crippen MR) is 106 cm³/mol. The summed E-state index contributed by atoms with van der Waals surface area (Å²) in [5.41, 5.74) is -1.45. The van der Waals surface area contributed by atoms with Gasteiger partial charge in [-0.2, -0.15) is 0 Å². The number of hydrogen-bond acceptors (Lipinski definition) is 3. The fraction of sp³-hybridized carbons (Fsp3) is 0.150. The Labute approximate surface area is 169 Å². The average molecular weight is 420 g/mol. The van der Waals surface area contributed by atoms with E-state index in [9.17, 15) is 23.2 Å². The molecule has 29 heavy (non-hydrogen) atoms. The van der Waals surface area contributed by atoms with Crippen LogP contribution in [0, 0.1) is 25.5 Å². The zero-order valence-electron chi connectivity index (χ0n) is 15.7. The van der Waals surface area contributed by atoms with Crippen LogP contribution in [0.25, 0.3) is 5.69 Å². The van der Waals surface area contributed by atoms with Gasteiger partial charge in [-0.3, -0.25) is 9.59 Å². The van der Waals surface area contributed by atoms with E-state index in [4.69, 9.17) is 11.6 Å². The summed E-state index contributed by atoms with van der Waals surface area (Å²) in [5.74, 6) is -2.49. The summed E-state index contributed by atoms with van der Waals surface area (Å²) >= 11 is 6.01. The molecule has 150 valence electrons. The standard InChI is InChI=1S/C20H16ClF2N3O3/c1-10-11(2)25(3)20(29)26(19(10)28)17-9-16(13(21)8-15(17)23)24-18(27)12-6-4-5-7-14(12)22/h4-9H,1-3H3,(H,24,27). The van der Waals surface area contributed by atoms with Gasteiger partial charge in [0.2, 0.25) is 0 Å². The lowest BCUT2D eigenvalue weighted by Crippen LogP contribution is -2.40. The largest absolute Gasteiger partial charge is 0.335 e. The molecule has 0 saturated heterocycles. The summed E-state index contributed by atoms with van der Waals surface area (Å²) in [6.45, 7) is 3.11. The van der Waals surface area contributed by atoms with Gasteiger partial charge in [-0.25, -0.2) is 18.1 Å². The molecule has 0 radical (unpaired) electrons. The van der Waals surface area contributed by atoms with Crippen molar-refractivity contribution in [2.24, 2.45) is 7.05 Å². The fourth-order valence-corrected chi connectivity index (χ4v) is 3.00. The van der Waals surface area contributed by atoms with Crippen LogP contribution in [-0.2, 0) is 7.05 Å². The first-order valence-electron chi connectivity index (χ1n) is 8.48. The van der Waals surface area contributed by atoms with E-state index in [0.717, 1.165) is 18.2 Å². The normalized spacial score (nSPS) is 10.8. The summed E-state index contributed by atoms with van der Waals surface area (Å²) in [4.78, 5) is 37.6. The molecule has 0 aliphatic heterocycles. The van der Waals surface area contributed by atoms with Crippen LogP contribution >= 0.6 is 11.6 Å². The van der Waals surface area contributed by atoms with Crippen LogP contribution in [0.15, 0.2) is 46.0 Å². The van der Waals surface area contributed by atoms with Crippen molar-refractivity contribution < 1.29 is 13.6 Å². The maximum Gasteiger partial charge on any atom is 0.335 e. The summed E-state index contributed by atoms with van der Waals surface area (Å²) in [6, 6.07) is 7.23. The van der Waals surface area contributed by atoms with Crippen LogP contribution < -0.4 is 16.6 Å². The van der Waals surface area contributed by atoms with E-state index < -0.39 is 28.8 Å². The highest BCUT2D eigenvalue weighted by atomic mass is 35.5. The zero-order valence-corrected chi connectivity index (χ0v) is 16.5. The first kappa shape index (κ1) is 20.5. The van der Waals surface area contributed by atoms with Crippen molar-refractivity contribution in [2.45, 2.75) is 13.8 Å². The van der Waals surface area contributed by atoms with Gasteiger partial charge in [-0.05, 0) is 38.1 Å². The number of halogens is 3. The minimum Gasteiger partial charge on any atom is -0.320 e. The monoisotopic (exact) mass is 419 g/mol. The molecule has 0 saturated carbocycles. The Bertz CT molecular complexity index is 1230. The third-order valence-corrected chi connectivity index (χ3v) is 5.00. The maximum atomic E-state index is 14.6. The van der Waals surface area contributed by atoms with E-state index in [-0.39, 0.29) is 27.5 Å². The first-order valence-corrected chi connectivity index (χ1v) is 8.85. The lowest BCUT2D eigenvalue weighted by atomic mass is 10.2. The lowest BCUT2D eigenvalue weighted by molar-refractivity contribution is 0.102. The number of carbonyl (C=O) groups excluding carboxylic acids is 1. The van der Waals surface area contributed by atoms with E-state index in [1.807, 2.05) is 0 Å². The van der Waals surface area contributed by atoms with E-state index in [1.165, 1.54) is 36.7 Å². The van der Waals surface area contributed by atoms with Crippen molar-refractivity contribution in [3.8, 4) is 5.69 Å². The first-order chi connectivity index (χ1) is 13.6. The van der Waals surface area contributed by atoms with Gasteiger partial charge in [0.25, 0.3) is 11.5 Å². The highest BCUT2D eigenvalue weighted by molar-refractivity contribution is 6.34. The Hall–Kier alpha value is -3.26. The summed E-state index contributed by atoms with van der Waals surface area (Å²) in [7, 11) is 1.45. The number of benzene rings is 2. The Morgan fingerprint density at radius 1 is 1.07 bits per heavy atom. The average Bonchev–Trinajstić information content (AvgIpc) is 2.68. The molecular formula is C20H16ClF2N3O3. The van der Waals surface area contributed by atoms with E-state index in [1.54, 1.807) is 6.92 Å². The summed E-state index contributed by atoms with van der Waals surface area (Å²) in [5, 5.41) is 2.21. The molecule has 0 fully saturated rings. The van der Waals surface area contributed by atoms with Crippen molar-refractivity contribution in [3.63, 3.8) is 0 Å². The number of nitrogens with zero attached hydrogens (tertiary/aromatic N) is 2. The second-order valence-corrected chi connectivity index (χ2v) is 6.82. The molecule has 0 atom stereocenters. The van der Waals surface area contributed by atoms with Gasteiger partial charge in [0.15, 0.2) is 0 Å². The van der Waals surface area contributed by atoms with Gasteiger partial charge in [-0.15, -0.1) is 0 Å². The Kier molecular flexibility index (Phi) is 5.39. The van der Waals surface area contributed by atoms with Crippen molar-refractivity contribution in [3.05, 3.63) is 90.7 Å². The molecule has 1 heterocycles. The van der Waals surface area contributed by atoms with Gasteiger partial charge in [0, 0.05) is 18.3 Å². The minimum absolute atomic E-state index is 0.0801. The van der Waals surface area contributed by atoms with Gasteiger partial charge >= 0.3 is 5.69 Å². The third-order valence-electron chi connectivity index (χ3n) is 4.69. The van der Waals surface area contributed by atoms with Crippen LogP contribution in [-0.4, -0.2) is 15.0 Å². The molecule has 3 rings (SSSR count). The van der Waals surface area contributed by atoms with Crippen molar-refractivity contribution in [1.29, 1.82) is 0 Å². The molecule has 6 nitrogen and oxygen atoms in total. The SMILES string of the molecule is Cc1c(C)n(C)c(=O)n(-c2cc(NC(=O)c3ccccc3F)c(Cl)cc2F)c1=O. The number of amides is 1. The lowest BCUT2D eigenvalue weighted by Gasteiger charge is -2.15. The van der Waals surface area contributed by atoms with Crippen LogP contribution in [0.1, 0.15) is 21.6 Å². The Balaban J connectivity index is 2.16. The second kappa shape index (κ2) is 7.63. The smallest absolute Gasteiger partial charge is 0.320 e. The van der Waals surface area contributed by atoms with Crippen LogP contribution in [0.2, 0.25) is 5.02 Å². The number of carbonyl (C=O) groups is 1. The van der Waals surface area contributed by atoms with E-state index in [2.05, 4.69) is 5.32 Å². The molecule has 9 heteroatoms. The van der Waals surface area contributed by atoms with Gasteiger partial charge in [0.05, 0.1) is 22.0 Å². The highest BCUT2D eigenvalue weighted by Crippen LogP contribution is 2.27. The molecule has 0 unspecified atom stereocenters. The highest BCUT2D eigenvalue weighted by Gasteiger charge is 2.19. The predicted octanol–water partition coefficient (Wildman–Crippen LogP) is 3.34. The molecule has 0 bridgehead atoms. The van der Waals surface area contributed by atoms with Crippen LogP contribution in [0.5, 0.6) is 0 Å². The number of rotatable bonds is 3. The Morgan fingerprint density at radius 2 is 1.72 bits per heavy atom. The molecule has 0 aliphatic carbocycles. The number of hydrogen-bond donors (Lipinski definition) is 1. The number of anilines is 1. The molecule has 1 aromatic heterocycles. The van der Waals surface area contributed by atoms with Crippen molar-refractivity contribution >= 4 is 23.2 Å². The third kappa shape index (κ3) is 3.58. The summed E-state index contributed by atoms with van der Waals surface area (Å²) in [6.07, 6.45) is 0. The Morgan fingerprint density at radius 3 is 2.38 bits per heavy atom. The quantitative estimate of drug-likeness (QED) is 0.707. The topological polar surface area (TPSA) is 73.1 Å². The number of aromatic nitrogens is 2. The van der Waals surface area contributed by atoms with E-state index in [0.29, 0.717) is 10.3 Å². The van der Waals surface area contributed by atoms with Crippen molar-refractivity contribution in [1.82, 2.24) is 9.13 Å². The molecule has 0 aliphatic rings. The van der Waals surface area contributed by atoms with Crippen LogP contribution in [0.3, 0.4) is 0 Å². The van der Waals surface area contributed by atoms with E-state index >= 15 is 0 Å². The molecular weight excluding hydrogens is 404 g/mol. The van der Waals surface area contributed by atoms with Gasteiger partial charge in [0.1, 0.15) is 11.6 Å². The molecule has 1 amide bonds. The molecule has 0 spiro atoms. The van der Waals surface area contributed by atoms with Crippen LogP contribution in [0.4, 0.5) is 14.5 Å². The van der Waals surface area contributed by atoms with Gasteiger partial charge in [-0.1, -0.05) is 23.7 Å². The summed E-state index contributed by atoms with van der Waals surface area (Å²) < 4.78 is 30.3. The fourth-order valence-electron chi connectivity index (χ4n) is 2.81.